The lowest BCUT2D eigenvalue weighted by Gasteiger charge is -2.07. The van der Waals surface area contributed by atoms with Crippen LogP contribution in [-0.4, -0.2) is 30.1 Å². The maximum absolute atomic E-state index is 12.3. The predicted octanol–water partition coefficient (Wildman–Crippen LogP) is 2.35. The second-order valence-electron chi connectivity index (χ2n) is 4.82. The van der Waals surface area contributed by atoms with E-state index >= 15 is 0 Å². The van der Waals surface area contributed by atoms with Crippen LogP contribution in [0.1, 0.15) is 11.1 Å². The second-order valence-corrected chi connectivity index (χ2v) is 4.82. The number of rotatable bonds is 5. The topological polar surface area (TPSA) is 97.1 Å². The Kier molecular flexibility index (Phi) is 5.47. The number of aryl methyl sites for hydroxylation is 1. The molecule has 7 nitrogen and oxygen atoms in total. The number of amides is 1. The fourth-order valence-electron chi connectivity index (χ4n) is 1.83. The summed E-state index contributed by atoms with van der Waals surface area (Å²) in [6.07, 6.45) is 1.50. The zero-order valence-corrected chi connectivity index (χ0v) is 13.5. The van der Waals surface area contributed by atoms with Gasteiger partial charge in [0.05, 0.1) is 14.2 Å². The molecule has 0 unspecified atom stereocenters. The molecule has 0 spiro atoms. The van der Waals surface area contributed by atoms with E-state index in [-0.39, 0.29) is 23.3 Å². The number of nitrogens with one attached hydrogen (secondary N) is 1. The molecule has 1 heterocycles. The monoisotopic (exact) mass is 324 g/mol. The first kappa shape index (κ1) is 17.0. The van der Waals surface area contributed by atoms with Gasteiger partial charge in [-0.25, -0.2) is 0 Å². The molecule has 2 aromatic rings. The Morgan fingerprint density at radius 2 is 1.92 bits per heavy atom. The van der Waals surface area contributed by atoms with Crippen LogP contribution in [0.2, 0.25) is 0 Å². The Morgan fingerprint density at radius 1 is 1.21 bits per heavy atom. The maximum atomic E-state index is 12.3. The van der Waals surface area contributed by atoms with E-state index in [2.05, 4.69) is 15.3 Å². The van der Waals surface area contributed by atoms with Crippen molar-refractivity contribution in [1.82, 2.24) is 9.97 Å². The average molecular weight is 324 g/mol. The molecular formula is C17H16N4O3. The SMILES string of the molecule is COc1cc(NC(=O)/C(C#N)=C\c2ccc(C)cc2)nc(OC)n1. The highest BCUT2D eigenvalue weighted by Gasteiger charge is 2.13. The van der Waals surface area contributed by atoms with Gasteiger partial charge in [-0.1, -0.05) is 29.8 Å². The van der Waals surface area contributed by atoms with Gasteiger partial charge in [-0.2, -0.15) is 15.2 Å². The molecule has 122 valence electrons. The third-order valence-corrected chi connectivity index (χ3v) is 3.07. The van der Waals surface area contributed by atoms with Crippen molar-refractivity contribution < 1.29 is 14.3 Å². The van der Waals surface area contributed by atoms with E-state index in [1.807, 2.05) is 37.3 Å². The van der Waals surface area contributed by atoms with Crippen molar-refractivity contribution in [2.45, 2.75) is 6.92 Å². The minimum atomic E-state index is -0.583. The average Bonchev–Trinajstić information content (AvgIpc) is 2.60. The standard InChI is InChI=1S/C17H16N4O3/c1-11-4-6-12(7-5-11)8-13(10-18)16(22)19-14-9-15(23-2)21-17(20-14)24-3/h4-9H,1-3H3,(H,19,20,21,22)/b13-8-. The van der Waals surface area contributed by atoms with Crippen molar-refractivity contribution in [3.63, 3.8) is 0 Å². The molecule has 0 aliphatic heterocycles. The van der Waals surface area contributed by atoms with Crippen molar-refractivity contribution >= 4 is 17.8 Å². The molecule has 0 saturated heterocycles. The molecule has 0 aliphatic carbocycles. The highest BCUT2D eigenvalue weighted by Crippen LogP contribution is 2.18. The Balaban J connectivity index is 2.24. The first-order valence-electron chi connectivity index (χ1n) is 7.02. The number of anilines is 1. The molecule has 1 aromatic carbocycles. The summed E-state index contributed by atoms with van der Waals surface area (Å²) in [5.41, 5.74) is 1.80. The lowest BCUT2D eigenvalue weighted by atomic mass is 10.1. The van der Waals surface area contributed by atoms with E-state index in [0.717, 1.165) is 11.1 Å². The number of aromatic nitrogens is 2. The van der Waals surface area contributed by atoms with Crippen molar-refractivity contribution in [2.75, 3.05) is 19.5 Å². The Hall–Kier alpha value is -3.40. The highest BCUT2D eigenvalue weighted by molar-refractivity contribution is 6.09. The highest BCUT2D eigenvalue weighted by atomic mass is 16.5. The van der Waals surface area contributed by atoms with E-state index in [1.165, 1.54) is 26.4 Å². The number of hydrogen-bond donors (Lipinski definition) is 1. The molecular weight excluding hydrogens is 308 g/mol. The zero-order valence-electron chi connectivity index (χ0n) is 13.5. The van der Waals surface area contributed by atoms with E-state index in [4.69, 9.17) is 9.47 Å². The van der Waals surface area contributed by atoms with Crippen LogP contribution < -0.4 is 14.8 Å². The molecule has 0 aliphatic rings. The number of nitriles is 1. The van der Waals surface area contributed by atoms with Gasteiger partial charge in [-0.05, 0) is 18.6 Å². The summed E-state index contributed by atoms with van der Waals surface area (Å²) < 4.78 is 9.95. The molecule has 0 saturated carbocycles. The lowest BCUT2D eigenvalue weighted by Crippen LogP contribution is -2.15. The number of carbonyl (C=O) groups is 1. The van der Waals surface area contributed by atoms with Crippen molar-refractivity contribution in [1.29, 1.82) is 5.26 Å². The molecule has 0 atom stereocenters. The largest absolute Gasteiger partial charge is 0.481 e. The number of carbonyl (C=O) groups excluding carboxylic acids is 1. The van der Waals surface area contributed by atoms with Gasteiger partial charge >= 0.3 is 6.01 Å². The number of hydrogen-bond acceptors (Lipinski definition) is 6. The Labute approximate surface area is 139 Å². The van der Waals surface area contributed by atoms with E-state index < -0.39 is 5.91 Å². The first-order valence-corrected chi connectivity index (χ1v) is 7.02. The van der Waals surface area contributed by atoms with Crippen LogP contribution in [0.3, 0.4) is 0 Å². The molecule has 0 bridgehead atoms. The number of nitrogens with zero attached hydrogens (tertiary/aromatic N) is 3. The second kappa shape index (κ2) is 7.74. The minimum Gasteiger partial charge on any atom is -0.481 e. The van der Waals surface area contributed by atoms with Gasteiger partial charge in [0.25, 0.3) is 5.91 Å². The van der Waals surface area contributed by atoms with Crippen LogP contribution in [0.4, 0.5) is 5.82 Å². The van der Waals surface area contributed by atoms with Gasteiger partial charge in [0.15, 0.2) is 0 Å². The third-order valence-electron chi connectivity index (χ3n) is 3.07. The van der Waals surface area contributed by atoms with E-state index in [9.17, 15) is 10.1 Å². The van der Waals surface area contributed by atoms with Gasteiger partial charge in [-0.3, -0.25) is 4.79 Å². The zero-order chi connectivity index (χ0) is 17.5. The van der Waals surface area contributed by atoms with Gasteiger partial charge in [0.2, 0.25) is 5.88 Å². The molecule has 7 heteroatoms. The van der Waals surface area contributed by atoms with Gasteiger partial charge in [-0.15, -0.1) is 0 Å². The van der Waals surface area contributed by atoms with Crippen molar-refractivity contribution in [3.05, 3.63) is 47.0 Å². The van der Waals surface area contributed by atoms with Crippen LogP contribution in [0, 0.1) is 18.3 Å². The quantitative estimate of drug-likeness (QED) is 0.670. The van der Waals surface area contributed by atoms with E-state index in [1.54, 1.807) is 0 Å². The van der Waals surface area contributed by atoms with Crippen LogP contribution >= 0.6 is 0 Å². The number of ether oxygens (including phenoxy) is 2. The summed E-state index contributed by atoms with van der Waals surface area (Å²) in [4.78, 5) is 20.2. The number of methoxy groups -OCH3 is 2. The summed E-state index contributed by atoms with van der Waals surface area (Å²) in [7, 11) is 2.84. The third kappa shape index (κ3) is 4.30. The Morgan fingerprint density at radius 3 is 2.50 bits per heavy atom. The van der Waals surface area contributed by atoms with Crippen LogP contribution in [0.5, 0.6) is 11.9 Å². The lowest BCUT2D eigenvalue weighted by molar-refractivity contribution is -0.112. The van der Waals surface area contributed by atoms with Crippen molar-refractivity contribution in [2.24, 2.45) is 0 Å². The van der Waals surface area contributed by atoms with Crippen LogP contribution in [0.25, 0.3) is 6.08 Å². The van der Waals surface area contributed by atoms with Gasteiger partial charge in [0, 0.05) is 6.07 Å². The summed E-state index contributed by atoms with van der Waals surface area (Å²) in [6, 6.07) is 10.8. The minimum absolute atomic E-state index is 0.0459. The molecule has 24 heavy (non-hydrogen) atoms. The van der Waals surface area contributed by atoms with Gasteiger partial charge < -0.3 is 14.8 Å². The van der Waals surface area contributed by atoms with Crippen LogP contribution in [0.15, 0.2) is 35.9 Å². The molecule has 0 fully saturated rings. The molecule has 1 aromatic heterocycles. The fraction of sp³-hybridized carbons (Fsp3) is 0.176. The van der Waals surface area contributed by atoms with E-state index in [0.29, 0.717) is 0 Å². The summed E-state index contributed by atoms with van der Waals surface area (Å²) >= 11 is 0. The maximum Gasteiger partial charge on any atom is 0.321 e. The first-order chi connectivity index (χ1) is 11.5. The van der Waals surface area contributed by atoms with Crippen molar-refractivity contribution in [3.8, 4) is 18.0 Å². The van der Waals surface area contributed by atoms with Gasteiger partial charge in [0.1, 0.15) is 17.5 Å². The number of benzene rings is 1. The molecule has 1 amide bonds. The summed E-state index contributed by atoms with van der Waals surface area (Å²) in [6.45, 7) is 1.96. The predicted molar refractivity (Wildman–Crippen MR) is 88.5 cm³/mol. The Bertz CT molecular complexity index is 785. The fourth-order valence-corrected chi connectivity index (χ4v) is 1.83. The summed E-state index contributed by atoms with van der Waals surface area (Å²) in [5.74, 6) is -0.173. The molecule has 0 radical (unpaired) electrons. The molecule has 1 N–H and O–H groups in total. The summed E-state index contributed by atoms with van der Waals surface area (Å²) in [5, 5.41) is 11.8. The normalized spacial score (nSPS) is 10.7. The van der Waals surface area contributed by atoms with Crippen LogP contribution in [-0.2, 0) is 4.79 Å². The smallest absolute Gasteiger partial charge is 0.321 e. The molecule has 2 rings (SSSR count).